The van der Waals surface area contributed by atoms with E-state index in [9.17, 15) is 13.2 Å². The Morgan fingerprint density at radius 2 is 1.70 bits per heavy atom. The van der Waals surface area contributed by atoms with Gasteiger partial charge in [0.05, 0.1) is 13.2 Å². The van der Waals surface area contributed by atoms with Gasteiger partial charge >= 0.3 is 0 Å². The first-order valence-electron chi connectivity index (χ1n) is 11.4. The van der Waals surface area contributed by atoms with Crippen LogP contribution in [0.15, 0.2) is 42.6 Å². The molecule has 1 amide bonds. The first-order chi connectivity index (χ1) is 16.0. The van der Waals surface area contributed by atoms with Crippen molar-refractivity contribution < 1.29 is 17.9 Å². The predicted molar refractivity (Wildman–Crippen MR) is 129 cm³/mol. The van der Waals surface area contributed by atoms with Gasteiger partial charge in [0.25, 0.3) is 0 Å². The number of amides is 1. The first-order valence-corrected chi connectivity index (χ1v) is 13.0. The van der Waals surface area contributed by atoms with E-state index in [-0.39, 0.29) is 6.54 Å². The number of benzene rings is 1. The number of sulfonamides is 1. The van der Waals surface area contributed by atoms with Gasteiger partial charge in [-0.25, -0.2) is 13.4 Å². The normalized spacial score (nSPS) is 17.0. The second-order valence-electron chi connectivity index (χ2n) is 8.32. The molecule has 9 nitrogen and oxygen atoms in total. The first kappa shape index (κ1) is 23.3. The van der Waals surface area contributed by atoms with E-state index in [0.717, 1.165) is 43.2 Å². The van der Waals surface area contributed by atoms with Crippen LogP contribution in [-0.2, 0) is 26.1 Å². The van der Waals surface area contributed by atoms with Gasteiger partial charge in [0, 0.05) is 55.9 Å². The molecule has 2 N–H and O–H groups in total. The molecule has 0 aliphatic carbocycles. The van der Waals surface area contributed by atoms with Crippen molar-refractivity contribution in [2.45, 2.75) is 25.8 Å². The summed E-state index contributed by atoms with van der Waals surface area (Å²) >= 11 is 0. The number of morpholine rings is 1. The van der Waals surface area contributed by atoms with E-state index in [1.54, 1.807) is 24.4 Å². The number of hydrogen-bond acceptors (Lipinski definition) is 7. The number of hydrogen-bond donors (Lipinski definition) is 2. The molecule has 178 valence electrons. The molecule has 0 saturated carbocycles. The van der Waals surface area contributed by atoms with Crippen molar-refractivity contribution >= 4 is 33.1 Å². The summed E-state index contributed by atoms with van der Waals surface area (Å²) in [4.78, 5) is 21.2. The number of carbonyl (C=O) groups excluding carboxylic acids is 1. The highest BCUT2D eigenvalue weighted by Crippen LogP contribution is 2.22. The van der Waals surface area contributed by atoms with E-state index >= 15 is 0 Å². The predicted octanol–water partition coefficient (Wildman–Crippen LogP) is 1.97. The lowest BCUT2D eigenvalue weighted by molar-refractivity contribution is -0.118. The molecule has 0 bridgehead atoms. The lowest BCUT2D eigenvalue weighted by Crippen LogP contribution is -2.38. The van der Waals surface area contributed by atoms with Gasteiger partial charge in [0.15, 0.2) is 0 Å². The standard InChI is InChI=1S/C23H31N5O4S/c29-22(25-17-19-5-4-10-24-23(19)28-13-15-32-16-14-28)18-33(30,31)26-20-6-8-21(9-7-20)27-11-2-1-3-12-27/h4-10,26H,1-3,11-18H2,(H,25,29). The van der Waals surface area contributed by atoms with Crippen LogP contribution in [-0.4, -0.2) is 64.5 Å². The number of rotatable bonds is 8. The fourth-order valence-electron chi connectivity index (χ4n) is 4.15. The smallest absolute Gasteiger partial charge is 0.241 e. The average Bonchev–Trinajstić information content (AvgIpc) is 2.84. The molecule has 2 aromatic rings. The Bertz CT molecular complexity index is 1030. The summed E-state index contributed by atoms with van der Waals surface area (Å²) in [6, 6.07) is 11.0. The minimum atomic E-state index is -3.82. The molecule has 3 heterocycles. The minimum Gasteiger partial charge on any atom is -0.378 e. The third kappa shape index (κ3) is 6.58. The van der Waals surface area contributed by atoms with Crippen molar-refractivity contribution in [1.82, 2.24) is 10.3 Å². The fourth-order valence-corrected chi connectivity index (χ4v) is 5.17. The number of nitrogens with zero attached hydrogens (tertiary/aromatic N) is 3. The number of anilines is 3. The third-order valence-electron chi connectivity index (χ3n) is 5.84. The summed E-state index contributed by atoms with van der Waals surface area (Å²) in [6.45, 7) is 4.97. The van der Waals surface area contributed by atoms with Crippen LogP contribution in [0.2, 0.25) is 0 Å². The van der Waals surface area contributed by atoms with Crippen molar-refractivity contribution in [3.05, 3.63) is 48.2 Å². The second kappa shape index (κ2) is 10.8. The molecule has 2 aliphatic rings. The molecule has 0 unspecified atom stereocenters. The maximum Gasteiger partial charge on any atom is 0.241 e. The van der Waals surface area contributed by atoms with Crippen LogP contribution in [0.3, 0.4) is 0 Å². The molecule has 0 spiro atoms. The largest absolute Gasteiger partial charge is 0.378 e. The summed E-state index contributed by atoms with van der Waals surface area (Å²) < 4.78 is 32.9. The monoisotopic (exact) mass is 473 g/mol. The lowest BCUT2D eigenvalue weighted by atomic mass is 10.1. The maximum atomic E-state index is 12.5. The zero-order valence-corrected chi connectivity index (χ0v) is 19.5. The summed E-state index contributed by atoms with van der Waals surface area (Å²) in [6.07, 6.45) is 5.32. The third-order valence-corrected chi connectivity index (χ3v) is 7.03. The highest BCUT2D eigenvalue weighted by Gasteiger charge is 2.19. The van der Waals surface area contributed by atoms with Gasteiger partial charge < -0.3 is 19.9 Å². The average molecular weight is 474 g/mol. The Morgan fingerprint density at radius 3 is 2.42 bits per heavy atom. The number of nitrogens with one attached hydrogen (secondary N) is 2. The molecular weight excluding hydrogens is 442 g/mol. The van der Waals surface area contributed by atoms with E-state index in [4.69, 9.17) is 4.74 Å². The zero-order chi connectivity index (χ0) is 23.1. The molecule has 0 atom stereocenters. The Morgan fingerprint density at radius 1 is 0.970 bits per heavy atom. The molecule has 2 fully saturated rings. The topological polar surface area (TPSA) is 104 Å². The van der Waals surface area contributed by atoms with Crippen LogP contribution >= 0.6 is 0 Å². The van der Waals surface area contributed by atoms with Gasteiger partial charge in [-0.3, -0.25) is 9.52 Å². The van der Waals surface area contributed by atoms with Gasteiger partial charge in [-0.1, -0.05) is 6.07 Å². The van der Waals surface area contributed by atoms with Crippen LogP contribution in [0.4, 0.5) is 17.2 Å². The second-order valence-corrected chi connectivity index (χ2v) is 10.0. The SMILES string of the molecule is O=C(CS(=O)(=O)Nc1ccc(N2CCCCC2)cc1)NCc1cccnc1N1CCOCC1. The van der Waals surface area contributed by atoms with Crippen molar-refractivity contribution in [1.29, 1.82) is 0 Å². The van der Waals surface area contributed by atoms with Crippen molar-refractivity contribution in [2.24, 2.45) is 0 Å². The molecule has 10 heteroatoms. The highest BCUT2D eigenvalue weighted by molar-refractivity contribution is 7.93. The molecule has 1 aromatic heterocycles. The Hall–Kier alpha value is -2.85. The Balaban J connectivity index is 1.30. The van der Waals surface area contributed by atoms with Crippen molar-refractivity contribution in [3.63, 3.8) is 0 Å². The number of pyridine rings is 1. The van der Waals surface area contributed by atoms with E-state index in [1.807, 2.05) is 18.2 Å². The van der Waals surface area contributed by atoms with Gasteiger partial charge in [-0.15, -0.1) is 0 Å². The Labute approximate surface area is 195 Å². The van der Waals surface area contributed by atoms with Crippen LogP contribution in [0.1, 0.15) is 24.8 Å². The van der Waals surface area contributed by atoms with E-state index < -0.39 is 21.7 Å². The number of carbonyl (C=O) groups is 1. The molecular formula is C23H31N5O4S. The molecule has 33 heavy (non-hydrogen) atoms. The summed E-state index contributed by atoms with van der Waals surface area (Å²) in [5, 5.41) is 2.71. The van der Waals surface area contributed by atoms with Gasteiger partial charge in [0.2, 0.25) is 15.9 Å². The molecule has 1 aromatic carbocycles. The molecule has 2 saturated heterocycles. The van der Waals surface area contributed by atoms with Crippen molar-refractivity contribution in [2.75, 3.05) is 59.7 Å². The quantitative estimate of drug-likeness (QED) is 0.604. The van der Waals surface area contributed by atoms with Gasteiger partial charge in [-0.05, 0) is 49.6 Å². The summed E-state index contributed by atoms with van der Waals surface area (Å²) in [5.41, 5.74) is 2.37. The number of ether oxygens (including phenoxy) is 1. The van der Waals surface area contributed by atoms with Gasteiger partial charge in [-0.2, -0.15) is 0 Å². The number of aromatic nitrogens is 1. The highest BCUT2D eigenvalue weighted by atomic mass is 32.2. The summed E-state index contributed by atoms with van der Waals surface area (Å²) in [7, 11) is -3.82. The number of piperidine rings is 1. The zero-order valence-electron chi connectivity index (χ0n) is 18.7. The summed E-state index contributed by atoms with van der Waals surface area (Å²) in [5.74, 6) is -0.423. The van der Waals surface area contributed by atoms with Crippen LogP contribution in [0, 0.1) is 0 Å². The van der Waals surface area contributed by atoms with Crippen LogP contribution < -0.4 is 19.8 Å². The lowest BCUT2D eigenvalue weighted by Gasteiger charge is -2.29. The fraction of sp³-hybridized carbons (Fsp3) is 0.478. The van der Waals surface area contributed by atoms with Crippen molar-refractivity contribution in [3.8, 4) is 0 Å². The van der Waals surface area contributed by atoms with E-state index in [2.05, 4.69) is 24.8 Å². The van der Waals surface area contributed by atoms with E-state index in [1.165, 1.54) is 19.3 Å². The molecule has 2 aliphatic heterocycles. The minimum absolute atomic E-state index is 0.208. The molecule has 4 rings (SSSR count). The van der Waals surface area contributed by atoms with Crippen LogP contribution in [0.25, 0.3) is 0 Å². The molecule has 0 radical (unpaired) electrons. The van der Waals surface area contributed by atoms with Gasteiger partial charge in [0.1, 0.15) is 11.6 Å². The Kier molecular flexibility index (Phi) is 7.66. The van der Waals surface area contributed by atoms with Crippen LogP contribution in [0.5, 0.6) is 0 Å². The maximum absolute atomic E-state index is 12.5. The van der Waals surface area contributed by atoms with E-state index in [0.29, 0.717) is 18.9 Å².